The summed E-state index contributed by atoms with van der Waals surface area (Å²) >= 11 is 0. The van der Waals surface area contributed by atoms with Crippen LogP contribution in [0.2, 0.25) is 0 Å². The van der Waals surface area contributed by atoms with Gasteiger partial charge in [-0.25, -0.2) is 0 Å². The maximum Gasteiger partial charge on any atom is 0.0874 e. The first-order valence-corrected chi connectivity index (χ1v) is 3.67. The fourth-order valence-electron chi connectivity index (χ4n) is 0.744. The van der Waals surface area contributed by atoms with Crippen molar-refractivity contribution >= 4 is 5.69 Å². The Bertz CT molecular complexity index is 251. The maximum absolute atomic E-state index is 4.02. The highest BCUT2D eigenvalue weighted by Gasteiger charge is 2.13. The van der Waals surface area contributed by atoms with E-state index in [2.05, 4.69) is 10.3 Å². The van der Waals surface area contributed by atoms with Crippen LogP contribution in [0.25, 0.3) is 0 Å². The fourth-order valence-corrected chi connectivity index (χ4v) is 0.744. The molecule has 0 saturated carbocycles. The van der Waals surface area contributed by atoms with Crippen LogP contribution in [-0.2, 0) is 0 Å². The zero-order chi connectivity index (χ0) is 7.52. The number of hydrogen-bond acceptors (Lipinski definition) is 2. The van der Waals surface area contributed by atoms with Gasteiger partial charge in [0.15, 0.2) is 0 Å². The van der Waals surface area contributed by atoms with E-state index in [4.69, 9.17) is 0 Å². The third kappa shape index (κ3) is 1.77. The molecule has 0 aromatic heterocycles. The summed E-state index contributed by atoms with van der Waals surface area (Å²) in [7, 11) is 0. The summed E-state index contributed by atoms with van der Waals surface area (Å²) in [5, 5.41) is 9.89. The molecule has 0 atom stereocenters. The van der Waals surface area contributed by atoms with Crippen molar-refractivity contribution in [1.29, 1.82) is 0 Å². The lowest BCUT2D eigenvalue weighted by molar-refractivity contribution is 0.563. The minimum Gasteiger partial charge on any atom is -0.275 e. The van der Waals surface area contributed by atoms with Crippen LogP contribution in [0.15, 0.2) is 40.7 Å². The largest absolute Gasteiger partial charge is 0.275 e. The van der Waals surface area contributed by atoms with Gasteiger partial charge in [-0.15, -0.1) is 5.11 Å². The predicted octanol–water partition coefficient (Wildman–Crippen LogP) is 2.00. The van der Waals surface area contributed by atoms with Gasteiger partial charge in [0.05, 0.1) is 18.8 Å². The summed E-state index contributed by atoms with van der Waals surface area (Å²) in [4.78, 5) is 0. The van der Waals surface area contributed by atoms with Gasteiger partial charge in [0, 0.05) is 0 Å². The average Bonchev–Trinajstić information content (AvgIpc) is 2.86. The minimum absolute atomic E-state index is 0.916. The molecule has 1 heterocycles. The first-order chi connectivity index (χ1) is 5.45. The molecular weight excluding hydrogens is 138 g/mol. The van der Waals surface area contributed by atoms with Gasteiger partial charge in [-0.1, -0.05) is 23.4 Å². The molecule has 1 fully saturated rings. The molecule has 1 saturated heterocycles. The van der Waals surface area contributed by atoms with Crippen molar-refractivity contribution in [1.82, 2.24) is 5.01 Å². The molecule has 1 aliphatic rings. The SMILES string of the molecule is c1ccc(N=NN2CC2)cc1. The van der Waals surface area contributed by atoms with Crippen molar-refractivity contribution in [2.45, 2.75) is 0 Å². The van der Waals surface area contributed by atoms with E-state index in [0.29, 0.717) is 0 Å². The minimum atomic E-state index is 0.916. The van der Waals surface area contributed by atoms with Crippen LogP contribution >= 0.6 is 0 Å². The molecule has 56 valence electrons. The van der Waals surface area contributed by atoms with Crippen molar-refractivity contribution in [3.63, 3.8) is 0 Å². The van der Waals surface area contributed by atoms with Crippen LogP contribution in [0.5, 0.6) is 0 Å². The number of rotatable bonds is 2. The Morgan fingerprint density at radius 1 is 1.09 bits per heavy atom. The lowest BCUT2D eigenvalue weighted by Gasteiger charge is -1.89. The summed E-state index contributed by atoms with van der Waals surface area (Å²) < 4.78 is 0. The molecule has 2 rings (SSSR count). The van der Waals surface area contributed by atoms with Gasteiger partial charge in [0.1, 0.15) is 0 Å². The van der Waals surface area contributed by atoms with Crippen molar-refractivity contribution in [2.24, 2.45) is 10.3 Å². The summed E-state index contributed by atoms with van der Waals surface area (Å²) in [6.07, 6.45) is 0. The Labute approximate surface area is 65.3 Å². The zero-order valence-electron chi connectivity index (χ0n) is 6.14. The highest BCUT2D eigenvalue weighted by Crippen LogP contribution is 2.13. The monoisotopic (exact) mass is 147 g/mol. The number of benzene rings is 1. The molecule has 0 radical (unpaired) electrons. The van der Waals surface area contributed by atoms with Crippen molar-refractivity contribution < 1.29 is 0 Å². The Morgan fingerprint density at radius 2 is 1.82 bits per heavy atom. The molecule has 3 nitrogen and oxygen atoms in total. The van der Waals surface area contributed by atoms with Crippen LogP contribution in [0.1, 0.15) is 0 Å². The molecule has 0 aliphatic carbocycles. The normalized spacial score (nSPS) is 15.8. The number of hydrogen-bond donors (Lipinski definition) is 0. The first kappa shape index (κ1) is 6.34. The molecule has 11 heavy (non-hydrogen) atoms. The summed E-state index contributed by atoms with van der Waals surface area (Å²) in [6.45, 7) is 2.10. The second-order valence-electron chi connectivity index (χ2n) is 2.48. The molecule has 1 aromatic carbocycles. The van der Waals surface area contributed by atoms with Crippen LogP contribution in [-0.4, -0.2) is 18.1 Å². The Morgan fingerprint density at radius 3 is 2.45 bits per heavy atom. The second-order valence-corrected chi connectivity index (χ2v) is 2.48. The van der Waals surface area contributed by atoms with Crippen LogP contribution in [0.3, 0.4) is 0 Å². The van der Waals surface area contributed by atoms with E-state index in [-0.39, 0.29) is 0 Å². The lowest BCUT2D eigenvalue weighted by atomic mass is 10.3. The van der Waals surface area contributed by atoms with E-state index < -0.39 is 0 Å². The second kappa shape index (κ2) is 2.70. The smallest absolute Gasteiger partial charge is 0.0874 e. The van der Waals surface area contributed by atoms with Gasteiger partial charge in [-0.2, -0.15) is 0 Å². The van der Waals surface area contributed by atoms with Crippen molar-refractivity contribution in [3.05, 3.63) is 30.3 Å². The summed E-state index contributed by atoms with van der Waals surface area (Å²) in [5.74, 6) is 0. The van der Waals surface area contributed by atoms with Crippen LogP contribution in [0.4, 0.5) is 5.69 Å². The van der Waals surface area contributed by atoms with Gasteiger partial charge in [0.2, 0.25) is 0 Å². The molecule has 1 aromatic rings. The highest BCUT2D eigenvalue weighted by molar-refractivity contribution is 5.34. The van der Waals surface area contributed by atoms with E-state index in [1.165, 1.54) is 0 Å². The standard InChI is InChI=1S/C8H9N3/c1-2-4-8(5-3-1)9-10-11-6-7-11/h1-5H,6-7H2. The van der Waals surface area contributed by atoms with E-state index >= 15 is 0 Å². The Balaban J connectivity index is 2.05. The van der Waals surface area contributed by atoms with Crippen molar-refractivity contribution in [2.75, 3.05) is 13.1 Å². The molecule has 0 N–H and O–H groups in total. The molecular formula is C8H9N3. The predicted molar refractivity (Wildman–Crippen MR) is 42.5 cm³/mol. The van der Waals surface area contributed by atoms with Gasteiger partial charge in [-0.05, 0) is 12.1 Å². The quantitative estimate of drug-likeness (QED) is 0.464. The first-order valence-electron chi connectivity index (χ1n) is 3.67. The lowest BCUT2D eigenvalue weighted by Crippen LogP contribution is -1.76. The highest BCUT2D eigenvalue weighted by atomic mass is 15.6. The fraction of sp³-hybridized carbons (Fsp3) is 0.250. The average molecular weight is 147 g/mol. The topological polar surface area (TPSA) is 27.7 Å². The molecule has 0 spiro atoms. The molecule has 1 aliphatic heterocycles. The van der Waals surface area contributed by atoms with Gasteiger partial charge >= 0.3 is 0 Å². The third-order valence-electron chi connectivity index (χ3n) is 1.47. The summed E-state index contributed by atoms with van der Waals surface area (Å²) in [6, 6.07) is 9.75. The maximum atomic E-state index is 4.02. The van der Waals surface area contributed by atoms with E-state index in [1.807, 2.05) is 35.3 Å². The third-order valence-corrected chi connectivity index (χ3v) is 1.47. The van der Waals surface area contributed by atoms with Gasteiger partial charge in [0.25, 0.3) is 0 Å². The Hall–Kier alpha value is -1.38. The molecule has 0 bridgehead atoms. The van der Waals surface area contributed by atoms with Gasteiger partial charge < -0.3 is 0 Å². The van der Waals surface area contributed by atoms with E-state index in [9.17, 15) is 0 Å². The van der Waals surface area contributed by atoms with E-state index in [0.717, 1.165) is 18.8 Å². The molecule has 3 heteroatoms. The van der Waals surface area contributed by atoms with Gasteiger partial charge in [-0.3, -0.25) is 5.01 Å². The number of nitrogens with zero attached hydrogens (tertiary/aromatic N) is 3. The molecule has 0 amide bonds. The summed E-state index contributed by atoms with van der Waals surface area (Å²) in [5.41, 5.74) is 0.916. The van der Waals surface area contributed by atoms with Crippen LogP contribution in [0, 0.1) is 0 Å². The Kier molecular flexibility index (Phi) is 1.55. The molecule has 0 unspecified atom stereocenters. The van der Waals surface area contributed by atoms with Crippen LogP contribution < -0.4 is 0 Å². The zero-order valence-corrected chi connectivity index (χ0v) is 6.14. The van der Waals surface area contributed by atoms with E-state index in [1.54, 1.807) is 0 Å². The van der Waals surface area contributed by atoms with Crippen molar-refractivity contribution in [3.8, 4) is 0 Å².